The first-order valence-corrected chi connectivity index (χ1v) is 10.1. The molecule has 3 amide bonds. The average Bonchev–Trinajstić information content (AvgIpc) is 2.79. The normalized spacial score (nSPS) is 12.3. The lowest BCUT2D eigenvalue weighted by Gasteiger charge is -2.20. The van der Waals surface area contributed by atoms with Gasteiger partial charge in [0.25, 0.3) is 11.8 Å². The molecule has 0 saturated carbocycles. The summed E-state index contributed by atoms with van der Waals surface area (Å²) < 4.78 is 0. The predicted molar refractivity (Wildman–Crippen MR) is 120 cm³/mol. The van der Waals surface area contributed by atoms with Gasteiger partial charge in [-0.2, -0.15) is 0 Å². The van der Waals surface area contributed by atoms with Crippen molar-refractivity contribution in [1.82, 2.24) is 10.6 Å². The Morgan fingerprint density at radius 1 is 0.742 bits per heavy atom. The number of carbonyl (C=O) groups excluding carboxylic acids is 3. The van der Waals surface area contributed by atoms with E-state index in [2.05, 4.69) is 16.0 Å². The highest BCUT2D eigenvalue weighted by atomic mass is 16.2. The molecule has 6 heteroatoms. The second-order valence-corrected chi connectivity index (χ2v) is 7.21. The topological polar surface area (TPSA) is 87.3 Å². The van der Waals surface area contributed by atoms with Crippen LogP contribution < -0.4 is 16.0 Å². The van der Waals surface area contributed by atoms with E-state index >= 15 is 0 Å². The molecule has 3 rings (SSSR count). The zero-order valence-electron chi connectivity index (χ0n) is 17.2. The van der Waals surface area contributed by atoms with E-state index in [-0.39, 0.29) is 24.1 Å². The first-order chi connectivity index (χ1) is 15.0. The van der Waals surface area contributed by atoms with Crippen molar-refractivity contribution in [3.05, 3.63) is 102 Å². The number of benzene rings is 3. The molecule has 0 fully saturated rings. The summed E-state index contributed by atoms with van der Waals surface area (Å²) in [5, 5.41) is 8.43. The SMILES string of the molecule is CC(CC(=O)NC(C(=O)Nc1ccccc1)c1ccccc1)NC(=O)c1ccccc1. The monoisotopic (exact) mass is 415 g/mol. The minimum absolute atomic E-state index is 0.0422. The summed E-state index contributed by atoms with van der Waals surface area (Å²) in [6.07, 6.45) is 0.0422. The van der Waals surface area contributed by atoms with Gasteiger partial charge in [-0.3, -0.25) is 14.4 Å². The Morgan fingerprint density at radius 2 is 1.29 bits per heavy atom. The van der Waals surface area contributed by atoms with Gasteiger partial charge in [0.05, 0.1) is 0 Å². The summed E-state index contributed by atoms with van der Waals surface area (Å²) >= 11 is 0. The molecule has 0 aromatic heterocycles. The van der Waals surface area contributed by atoms with Gasteiger partial charge in [0.15, 0.2) is 0 Å². The van der Waals surface area contributed by atoms with Crippen molar-refractivity contribution in [1.29, 1.82) is 0 Å². The molecule has 0 aliphatic heterocycles. The first kappa shape index (κ1) is 21.8. The van der Waals surface area contributed by atoms with E-state index in [9.17, 15) is 14.4 Å². The lowest BCUT2D eigenvalue weighted by atomic mass is 10.1. The summed E-state index contributed by atoms with van der Waals surface area (Å²) in [6, 6.07) is 25.7. The van der Waals surface area contributed by atoms with Crippen LogP contribution in [-0.2, 0) is 9.59 Å². The second kappa shape index (κ2) is 10.7. The van der Waals surface area contributed by atoms with Crippen molar-refractivity contribution in [2.45, 2.75) is 25.4 Å². The van der Waals surface area contributed by atoms with Crippen LogP contribution >= 0.6 is 0 Å². The molecule has 0 aliphatic carbocycles. The van der Waals surface area contributed by atoms with E-state index in [1.807, 2.05) is 42.5 Å². The lowest BCUT2D eigenvalue weighted by molar-refractivity contribution is -0.126. The van der Waals surface area contributed by atoms with Crippen LogP contribution in [0.1, 0.15) is 35.3 Å². The fourth-order valence-electron chi connectivity index (χ4n) is 3.13. The third kappa shape index (κ3) is 6.54. The van der Waals surface area contributed by atoms with Gasteiger partial charge in [-0.25, -0.2) is 0 Å². The molecule has 0 radical (unpaired) electrons. The van der Waals surface area contributed by atoms with Gasteiger partial charge >= 0.3 is 0 Å². The van der Waals surface area contributed by atoms with Crippen LogP contribution in [0.4, 0.5) is 5.69 Å². The Hall–Kier alpha value is -3.93. The Morgan fingerprint density at radius 3 is 1.90 bits per heavy atom. The van der Waals surface area contributed by atoms with Gasteiger partial charge in [0, 0.05) is 23.7 Å². The van der Waals surface area contributed by atoms with Crippen molar-refractivity contribution < 1.29 is 14.4 Å². The van der Waals surface area contributed by atoms with Crippen LogP contribution in [-0.4, -0.2) is 23.8 Å². The van der Waals surface area contributed by atoms with Crippen LogP contribution in [0, 0.1) is 0 Å². The van der Waals surface area contributed by atoms with Crippen molar-refractivity contribution >= 4 is 23.4 Å². The second-order valence-electron chi connectivity index (χ2n) is 7.21. The number of amides is 3. The predicted octanol–water partition coefficient (Wildman–Crippen LogP) is 3.69. The van der Waals surface area contributed by atoms with E-state index in [1.165, 1.54) is 0 Å². The van der Waals surface area contributed by atoms with E-state index in [1.54, 1.807) is 55.5 Å². The van der Waals surface area contributed by atoms with Crippen LogP contribution in [0.15, 0.2) is 91.0 Å². The fourth-order valence-corrected chi connectivity index (χ4v) is 3.13. The lowest BCUT2D eigenvalue weighted by Crippen LogP contribution is -2.41. The third-order valence-electron chi connectivity index (χ3n) is 4.65. The van der Waals surface area contributed by atoms with Crippen molar-refractivity contribution in [3.8, 4) is 0 Å². The highest BCUT2D eigenvalue weighted by Gasteiger charge is 2.24. The maximum absolute atomic E-state index is 12.9. The zero-order chi connectivity index (χ0) is 22.1. The summed E-state index contributed by atoms with van der Waals surface area (Å²) in [4.78, 5) is 37.9. The zero-order valence-corrected chi connectivity index (χ0v) is 17.2. The Bertz CT molecular complexity index is 1010. The van der Waals surface area contributed by atoms with Gasteiger partial charge in [0.1, 0.15) is 6.04 Å². The Kier molecular flexibility index (Phi) is 7.54. The van der Waals surface area contributed by atoms with Gasteiger partial charge in [0.2, 0.25) is 5.91 Å². The van der Waals surface area contributed by atoms with Crippen LogP contribution in [0.25, 0.3) is 0 Å². The third-order valence-corrected chi connectivity index (χ3v) is 4.65. The number of para-hydroxylation sites is 1. The maximum Gasteiger partial charge on any atom is 0.251 e. The van der Waals surface area contributed by atoms with Crippen LogP contribution in [0.3, 0.4) is 0 Å². The van der Waals surface area contributed by atoms with Gasteiger partial charge in [-0.05, 0) is 36.8 Å². The van der Waals surface area contributed by atoms with E-state index in [4.69, 9.17) is 0 Å². The number of rotatable bonds is 8. The summed E-state index contributed by atoms with van der Waals surface area (Å²) in [6.45, 7) is 1.75. The van der Waals surface area contributed by atoms with Crippen LogP contribution in [0.2, 0.25) is 0 Å². The number of nitrogens with one attached hydrogen (secondary N) is 3. The fraction of sp³-hybridized carbons (Fsp3) is 0.160. The molecular formula is C25H25N3O3. The molecular weight excluding hydrogens is 390 g/mol. The van der Waals surface area contributed by atoms with Crippen molar-refractivity contribution in [2.75, 3.05) is 5.32 Å². The number of anilines is 1. The van der Waals surface area contributed by atoms with E-state index < -0.39 is 12.1 Å². The molecule has 0 bridgehead atoms. The number of hydrogen-bond donors (Lipinski definition) is 3. The van der Waals surface area contributed by atoms with E-state index in [0.717, 1.165) is 0 Å². The molecule has 2 atom stereocenters. The quantitative estimate of drug-likeness (QED) is 0.524. The Labute approximate surface area is 181 Å². The van der Waals surface area contributed by atoms with E-state index in [0.29, 0.717) is 16.8 Å². The molecule has 158 valence electrons. The van der Waals surface area contributed by atoms with Gasteiger partial charge < -0.3 is 16.0 Å². The summed E-state index contributed by atoms with van der Waals surface area (Å²) in [7, 11) is 0. The molecule has 2 unspecified atom stereocenters. The molecule has 0 spiro atoms. The molecule has 3 aromatic rings. The molecule has 0 saturated heterocycles. The maximum atomic E-state index is 12.9. The smallest absolute Gasteiger partial charge is 0.251 e. The molecule has 0 aliphatic rings. The first-order valence-electron chi connectivity index (χ1n) is 10.1. The molecule has 6 nitrogen and oxygen atoms in total. The minimum atomic E-state index is -0.856. The molecule has 3 aromatic carbocycles. The van der Waals surface area contributed by atoms with Crippen molar-refractivity contribution in [3.63, 3.8) is 0 Å². The molecule has 0 heterocycles. The summed E-state index contributed by atoms with van der Waals surface area (Å²) in [5.74, 6) is -0.924. The van der Waals surface area contributed by atoms with Gasteiger partial charge in [-0.15, -0.1) is 0 Å². The van der Waals surface area contributed by atoms with Crippen molar-refractivity contribution in [2.24, 2.45) is 0 Å². The van der Waals surface area contributed by atoms with Gasteiger partial charge in [-0.1, -0.05) is 66.7 Å². The molecule has 3 N–H and O–H groups in total. The number of carbonyl (C=O) groups is 3. The highest BCUT2D eigenvalue weighted by Crippen LogP contribution is 2.16. The Balaban J connectivity index is 1.64. The highest BCUT2D eigenvalue weighted by molar-refractivity contribution is 5.98. The number of hydrogen-bond acceptors (Lipinski definition) is 3. The van der Waals surface area contributed by atoms with Crippen LogP contribution in [0.5, 0.6) is 0 Å². The largest absolute Gasteiger partial charge is 0.349 e. The summed E-state index contributed by atoms with van der Waals surface area (Å²) in [5.41, 5.74) is 1.84. The standard InChI is InChI=1S/C25H25N3O3/c1-18(26-24(30)20-13-7-3-8-14-20)17-22(29)28-23(19-11-5-2-6-12-19)25(31)27-21-15-9-4-10-16-21/h2-16,18,23H,17H2,1H3,(H,26,30)(H,27,31)(H,28,29). The molecule has 31 heavy (non-hydrogen) atoms. The average molecular weight is 415 g/mol. The minimum Gasteiger partial charge on any atom is -0.349 e.